The number of anilines is 1. The number of nitrogens with zero attached hydrogens (tertiary/aromatic N) is 1. The van der Waals surface area contributed by atoms with Gasteiger partial charge in [-0.15, -0.1) is 0 Å². The topological polar surface area (TPSA) is 24.5 Å². The zero-order chi connectivity index (χ0) is 15.0. The number of hydrogen-bond acceptors (Lipinski definition) is 3. The van der Waals surface area contributed by atoms with E-state index in [1.807, 2.05) is 6.07 Å². The van der Waals surface area contributed by atoms with Crippen molar-refractivity contribution in [1.29, 1.82) is 0 Å². The molecule has 0 aromatic heterocycles. The molecule has 1 aliphatic carbocycles. The minimum atomic E-state index is -0.203. The fraction of sp³-hybridized carbons (Fsp3) is 0.647. The number of benzene rings is 1. The quantitative estimate of drug-likeness (QED) is 0.923. The van der Waals surface area contributed by atoms with E-state index in [0.29, 0.717) is 12.6 Å². The summed E-state index contributed by atoms with van der Waals surface area (Å²) < 4.78 is 20.2. The summed E-state index contributed by atoms with van der Waals surface area (Å²) in [5, 5.41) is 3.43. The van der Waals surface area contributed by atoms with Gasteiger partial charge in [0.2, 0.25) is 0 Å². The maximum absolute atomic E-state index is 14.3. The molecule has 116 valence electrons. The third-order valence-corrected chi connectivity index (χ3v) is 4.15. The Morgan fingerprint density at radius 2 is 2.14 bits per heavy atom. The van der Waals surface area contributed by atoms with Crippen LogP contribution < -0.4 is 10.2 Å². The first kappa shape index (κ1) is 14.8. The number of rotatable bonds is 4. The van der Waals surface area contributed by atoms with Crippen molar-refractivity contribution in [3.8, 4) is 0 Å². The van der Waals surface area contributed by atoms with Crippen LogP contribution in [0.5, 0.6) is 0 Å². The van der Waals surface area contributed by atoms with Crippen LogP contribution in [0.1, 0.15) is 39.2 Å². The molecule has 1 atom stereocenters. The highest BCUT2D eigenvalue weighted by molar-refractivity contribution is 5.55. The third-order valence-electron chi connectivity index (χ3n) is 4.15. The van der Waals surface area contributed by atoms with E-state index in [1.54, 1.807) is 12.1 Å². The Balaban J connectivity index is 1.84. The van der Waals surface area contributed by atoms with Gasteiger partial charge in [0.1, 0.15) is 5.82 Å². The molecule has 4 heteroatoms. The Bertz CT molecular complexity index is 514. The molecule has 21 heavy (non-hydrogen) atoms. The van der Waals surface area contributed by atoms with Gasteiger partial charge >= 0.3 is 0 Å². The zero-order valence-electron chi connectivity index (χ0n) is 13.2. The van der Waals surface area contributed by atoms with E-state index in [1.165, 1.54) is 12.8 Å². The average Bonchev–Trinajstić information content (AvgIpc) is 3.18. The monoisotopic (exact) mass is 292 g/mol. The number of ether oxygens (including phenoxy) is 1. The molecule has 1 aliphatic heterocycles. The van der Waals surface area contributed by atoms with Crippen molar-refractivity contribution in [2.24, 2.45) is 0 Å². The number of nitrogens with one attached hydrogen (secondary N) is 1. The summed E-state index contributed by atoms with van der Waals surface area (Å²) in [7, 11) is 0. The van der Waals surface area contributed by atoms with E-state index in [4.69, 9.17) is 4.74 Å². The Morgan fingerprint density at radius 3 is 2.81 bits per heavy atom. The molecule has 3 nitrogen and oxygen atoms in total. The van der Waals surface area contributed by atoms with Crippen LogP contribution in [0.15, 0.2) is 18.2 Å². The molecule has 0 radical (unpaired) electrons. The van der Waals surface area contributed by atoms with Crippen molar-refractivity contribution in [3.63, 3.8) is 0 Å². The average molecular weight is 292 g/mol. The van der Waals surface area contributed by atoms with E-state index >= 15 is 0 Å². The maximum Gasteiger partial charge on any atom is 0.129 e. The first-order valence-corrected chi connectivity index (χ1v) is 7.88. The van der Waals surface area contributed by atoms with Crippen molar-refractivity contribution < 1.29 is 9.13 Å². The first-order chi connectivity index (χ1) is 9.94. The largest absolute Gasteiger partial charge is 0.369 e. The summed E-state index contributed by atoms with van der Waals surface area (Å²) in [6.45, 7) is 8.48. The van der Waals surface area contributed by atoms with E-state index in [9.17, 15) is 4.39 Å². The molecule has 0 bridgehead atoms. The Kier molecular flexibility index (Phi) is 3.93. The van der Waals surface area contributed by atoms with Gasteiger partial charge < -0.3 is 15.0 Å². The fourth-order valence-electron chi connectivity index (χ4n) is 3.19. The molecule has 1 N–H and O–H groups in total. The van der Waals surface area contributed by atoms with Crippen molar-refractivity contribution in [2.45, 2.75) is 57.9 Å². The van der Waals surface area contributed by atoms with Gasteiger partial charge in [-0.05, 0) is 45.7 Å². The van der Waals surface area contributed by atoms with E-state index in [-0.39, 0.29) is 17.5 Å². The number of halogens is 1. The van der Waals surface area contributed by atoms with Gasteiger partial charge in [0.15, 0.2) is 0 Å². The van der Waals surface area contributed by atoms with Crippen LogP contribution in [-0.4, -0.2) is 30.8 Å². The molecular weight excluding hydrogens is 267 g/mol. The molecule has 0 spiro atoms. The summed E-state index contributed by atoms with van der Waals surface area (Å²) in [4.78, 5) is 2.27. The van der Waals surface area contributed by atoms with Crippen molar-refractivity contribution >= 4 is 5.69 Å². The summed E-state index contributed by atoms with van der Waals surface area (Å²) in [6, 6.07) is 5.97. The predicted molar refractivity (Wildman–Crippen MR) is 83.1 cm³/mol. The van der Waals surface area contributed by atoms with Crippen LogP contribution in [0.4, 0.5) is 10.1 Å². The van der Waals surface area contributed by atoms with Crippen LogP contribution in [0.3, 0.4) is 0 Å². The van der Waals surface area contributed by atoms with Gasteiger partial charge in [-0.25, -0.2) is 4.39 Å². The standard InChI is InChI=1S/C17H25FN2O/c1-12-10-20(11-17(2,3)21-12)16-6-4-5-15(18)14(16)9-19-13-7-8-13/h4-6,12-13,19H,7-11H2,1-3H3. The van der Waals surface area contributed by atoms with Gasteiger partial charge in [-0.1, -0.05) is 6.07 Å². The van der Waals surface area contributed by atoms with Crippen molar-refractivity contribution in [3.05, 3.63) is 29.6 Å². The first-order valence-electron chi connectivity index (χ1n) is 7.88. The minimum Gasteiger partial charge on any atom is -0.369 e. The lowest BCUT2D eigenvalue weighted by atomic mass is 10.0. The SMILES string of the molecule is CC1CN(c2cccc(F)c2CNC2CC2)CC(C)(C)O1. The van der Waals surface area contributed by atoms with Crippen LogP contribution >= 0.6 is 0 Å². The van der Waals surface area contributed by atoms with Gasteiger partial charge in [0, 0.05) is 36.9 Å². The molecule has 1 saturated heterocycles. The van der Waals surface area contributed by atoms with Gasteiger partial charge in [-0.2, -0.15) is 0 Å². The smallest absolute Gasteiger partial charge is 0.129 e. The van der Waals surface area contributed by atoms with Crippen LogP contribution in [0.25, 0.3) is 0 Å². The second-order valence-electron chi connectivity index (χ2n) is 6.96. The molecule has 0 amide bonds. The lowest BCUT2D eigenvalue weighted by Crippen LogP contribution is -2.52. The normalized spacial score (nSPS) is 25.1. The molecule has 1 saturated carbocycles. The van der Waals surface area contributed by atoms with Gasteiger partial charge in [0.05, 0.1) is 11.7 Å². The molecular formula is C17H25FN2O. The second kappa shape index (κ2) is 5.58. The highest BCUT2D eigenvalue weighted by Crippen LogP contribution is 2.30. The Morgan fingerprint density at radius 1 is 1.38 bits per heavy atom. The third kappa shape index (κ3) is 3.55. The van der Waals surface area contributed by atoms with Crippen molar-refractivity contribution in [2.75, 3.05) is 18.0 Å². The van der Waals surface area contributed by atoms with Crippen LogP contribution in [-0.2, 0) is 11.3 Å². The summed E-state index contributed by atoms with van der Waals surface area (Å²) in [5.74, 6) is -0.113. The maximum atomic E-state index is 14.3. The second-order valence-corrected chi connectivity index (χ2v) is 6.96. The lowest BCUT2D eigenvalue weighted by molar-refractivity contribution is -0.0750. The molecule has 1 heterocycles. The summed E-state index contributed by atoms with van der Waals surface area (Å²) in [6.07, 6.45) is 2.58. The molecule has 1 aromatic rings. The summed E-state index contributed by atoms with van der Waals surface area (Å²) in [5.41, 5.74) is 1.59. The predicted octanol–water partition coefficient (Wildman–Crippen LogP) is 3.08. The molecule has 2 aliphatic rings. The zero-order valence-corrected chi connectivity index (χ0v) is 13.2. The molecule has 1 aromatic carbocycles. The minimum absolute atomic E-state index is 0.113. The lowest BCUT2D eigenvalue weighted by Gasteiger charge is -2.43. The van der Waals surface area contributed by atoms with Crippen molar-refractivity contribution in [1.82, 2.24) is 5.32 Å². The van der Waals surface area contributed by atoms with Gasteiger partial charge in [0.25, 0.3) is 0 Å². The van der Waals surface area contributed by atoms with Gasteiger partial charge in [-0.3, -0.25) is 0 Å². The van der Waals surface area contributed by atoms with E-state index in [0.717, 1.165) is 24.3 Å². The molecule has 2 fully saturated rings. The number of hydrogen-bond donors (Lipinski definition) is 1. The highest BCUT2D eigenvalue weighted by Gasteiger charge is 2.32. The molecule has 1 unspecified atom stereocenters. The van der Waals surface area contributed by atoms with Crippen LogP contribution in [0.2, 0.25) is 0 Å². The Labute approximate surface area is 126 Å². The summed E-state index contributed by atoms with van der Waals surface area (Å²) >= 11 is 0. The molecule has 3 rings (SSSR count). The van der Waals surface area contributed by atoms with E-state index < -0.39 is 0 Å². The number of morpholine rings is 1. The fourth-order valence-corrected chi connectivity index (χ4v) is 3.19. The van der Waals surface area contributed by atoms with Crippen LogP contribution in [0, 0.1) is 5.82 Å². The Hall–Kier alpha value is -1.13. The highest BCUT2D eigenvalue weighted by atomic mass is 19.1. The van der Waals surface area contributed by atoms with E-state index in [2.05, 4.69) is 31.0 Å².